The van der Waals surface area contributed by atoms with Crippen molar-refractivity contribution in [2.45, 2.75) is 57.5 Å². The van der Waals surface area contributed by atoms with Gasteiger partial charge in [0.15, 0.2) is 0 Å². The van der Waals surface area contributed by atoms with E-state index in [-0.39, 0.29) is 24.5 Å². The van der Waals surface area contributed by atoms with Crippen molar-refractivity contribution in [3.63, 3.8) is 0 Å². The Labute approximate surface area is 133 Å². The van der Waals surface area contributed by atoms with Crippen molar-refractivity contribution >= 4 is 5.91 Å². The summed E-state index contributed by atoms with van der Waals surface area (Å²) in [7, 11) is 1.79. The number of nitriles is 1. The fourth-order valence-corrected chi connectivity index (χ4v) is 3.77. The third-order valence-electron chi connectivity index (χ3n) is 5.76. The number of hydrogen-bond acceptors (Lipinski definition) is 4. The zero-order valence-corrected chi connectivity index (χ0v) is 14.1. The minimum atomic E-state index is -0.631. The van der Waals surface area contributed by atoms with Crippen molar-refractivity contribution < 1.29 is 9.90 Å². The van der Waals surface area contributed by atoms with Crippen molar-refractivity contribution in [3.05, 3.63) is 0 Å². The Kier molecular flexibility index (Phi) is 5.46. The predicted octanol–water partition coefficient (Wildman–Crippen LogP) is 1.62. The molecule has 5 heteroatoms. The highest BCUT2D eigenvalue weighted by molar-refractivity contribution is 5.82. The van der Waals surface area contributed by atoms with Crippen molar-refractivity contribution in [2.75, 3.05) is 26.7 Å². The Morgan fingerprint density at radius 1 is 1.45 bits per heavy atom. The lowest BCUT2D eigenvalue weighted by Crippen LogP contribution is -2.55. The van der Waals surface area contributed by atoms with Gasteiger partial charge in [-0.25, -0.2) is 0 Å². The van der Waals surface area contributed by atoms with Crippen LogP contribution >= 0.6 is 0 Å². The van der Waals surface area contributed by atoms with E-state index in [0.717, 1.165) is 45.2 Å². The van der Waals surface area contributed by atoms with E-state index in [1.807, 2.05) is 6.92 Å². The van der Waals surface area contributed by atoms with Crippen LogP contribution in [0.4, 0.5) is 0 Å². The first kappa shape index (κ1) is 17.2. The smallest absolute Gasteiger partial charge is 0.240 e. The van der Waals surface area contributed by atoms with Crippen LogP contribution in [0.15, 0.2) is 0 Å². The van der Waals surface area contributed by atoms with Crippen LogP contribution in [0, 0.1) is 23.2 Å². The molecule has 1 saturated carbocycles. The Balaban J connectivity index is 2.03. The molecule has 5 nitrogen and oxygen atoms in total. The molecule has 1 aliphatic carbocycles. The van der Waals surface area contributed by atoms with Crippen molar-refractivity contribution in [1.29, 1.82) is 5.26 Å². The van der Waals surface area contributed by atoms with Gasteiger partial charge in [-0.1, -0.05) is 6.92 Å². The molecule has 1 amide bonds. The number of amides is 1. The van der Waals surface area contributed by atoms with E-state index in [0.29, 0.717) is 5.92 Å². The van der Waals surface area contributed by atoms with Gasteiger partial charge >= 0.3 is 0 Å². The minimum Gasteiger partial charge on any atom is -0.396 e. The molecule has 0 aromatic heterocycles. The number of nitrogens with zero attached hydrogens (tertiary/aromatic N) is 3. The normalized spacial score (nSPS) is 34.1. The second-order valence-corrected chi connectivity index (χ2v) is 7.23. The van der Waals surface area contributed by atoms with E-state index < -0.39 is 5.54 Å². The third kappa shape index (κ3) is 3.28. The van der Waals surface area contributed by atoms with Crippen molar-refractivity contribution in [2.24, 2.45) is 11.8 Å². The number of carbonyl (C=O) groups excluding carboxylic acids is 1. The Morgan fingerprint density at radius 3 is 2.59 bits per heavy atom. The average Bonchev–Trinajstić information content (AvgIpc) is 3.03. The van der Waals surface area contributed by atoms with Gasteiger partial charge in [-0.15, -0.1) is 0 Å². The standard InChI is InChI=1S/C17H29N3O2/c1-13-4-7-17(12-18,8-5-13)19(3)16(22)14(2)20-9-6-15(10-20)11-21/h13-15,21H,4-11H2,1-3H3. The summed E-state index contributed by atoms with van der Waals surface area (Å²) in [6, 6.07) is 2.21. The van der Waals surface area contributed by atoms with Crippen LogP contribution in [0.1, 0.15) is 46.0 Å². The van der Waals surface area contributed by atoms with Gasteiger partial charge < -0.3 is 10.0 Å². The van der Waals surface area contributed by atoms with Crippen LogP contribution in [0.25, 0.3) is 0 Å². The largest absolute Gasteiger partial charge is 0.396 e. The molecule has 1 saturated heterocycles. The fourth-order valence-electron chi connectivity index (χ4n) is 3.77. The predicted molar refractivity (Wildman–Crippen MR) is 85.0 cm³/mol. The number of rotatable bonds is 4. The number of likely N-dealkylation sites (N-methyl/N-ethyl adjacent to an activating group) is 1. The van der Waals surface area contributed by atoms with E-state index in [1.54, 1.807) is 11.9 Å². The maximum absolute atomic E-state index is 12.8. The molecule has 0 aromatic rings. The first-order valence-corrected chi connectivity index (χ1v) is 8.47. The summed E-state index contributed by atoms with van der Waals surface area (Å²) in [6.07, 6.45) is 4.52. The van der Waals surface area contributed by atoms with Crippen LogP contribution in [-0.4, -0.2) is 59.1 Å². The van der Waals surface area contributed by atoms with Gasteiger partial charge in [0, 0.05) is 20.2 Å². The van der Waals surface area contributed by atoms with Gasteiger partial charge in [-0.05, 0) is 57.4 Å². The summed E-state index contributed by atoms with van der Waals surface area (Å²) in [5.41, 5.74) is -0.631. The second-order valence-electron chi connectivity index (χ2n) is 7.23. The Hall–Kier alpha value is -1.12. The van der Waals surface area contributed by atoms with Crippen LogP contribution in [0.5, 0.6) is 0 Å². The molecule has 0 spiro atoms. The van der Waals surface area contributed by atoms with Gasteiger partial charge in [0.2, 0.25) is 5.91 Å². The maximum atomic E-state index is 12.8. The first-order valence-electron chi connectivity index (χ1n) is 8.47. The number of likely N-dealkylation sites (tertiary alicyclic amines) is 1. The zero-order valence-electron chi connectivity index (χ0n) is 14.1. The van der Waals surface area contributed by atoms with E-state index in [9.17, 15) is 15.2 Å². The summed E-state index contributed by atoms with van der Waals surface area (Å²) in [5.74, 6) is 0.960. The molecular weight excluding hydrogens is 278 g/mol. The summed E-state index contributed by atoms with van der Waals surface area (Å²) in [4.78, 5) is 16.7. The van der Waals surface area contributed by atoms with Gasteiger partial charge in [0.05, 0.1) is 12.1 Å². The quantitative estimate of drug-likeness (QED) is 0.857. The zero-order chi connectivity index (χ0) is 16.3. The molecule has 0 aromatic carbocycles. The summed E-state index contributed by atoms with van der Waals surface area (Å²) < 4.78 is 0. The van der Waals surface area contributed by atoms with Crippen molar-refractivity contribution in [1.82, 2.24) is 9.80 Å². The molecule has 0 bridgehead atoms. The third-order valence-corrected chi connectivity index (χ3v) is 5.76. The summed E-state index contributed by atoms with van der Waals surface area (Å²) in [5, 5.41) is 18.9. The van der Waals surface area contributed by atoms with Gasteiger partial charge in [0.25, 0.3) is 0 Å². The molecule has 2 fully saturated rings. The molecule has 1 aliphatic heterocycles. The fraction of sp³-hybridized carbons (Fsp3) is 0.882. The number of hydrogen-bond donors (Lipinski definition) is 1. The van der Waals surface area contributed by atoms with Gasteiger partial charge in [0.1, 0.15) is 5.54 Å². The average molecular weight is 307 g/mol. The minimum absolute atomic E-state index is 0.0368. The lowest BCUT2D eigenvalue weighted by Gasteiger charge is -2.42. The van der Waals surface area contributed by atoms with Crippen LogP contribution in [-0.2, 0) is 4.79 Å². The maximum Gasteiger partial charge on any atom is 0.240 e. The highest BCUT2D eigenvalue weighted by atomic mass is 16.3. The second kappa shape index (κ2) is 6.97. The molecule has 1 N–H and O–H groups in total. The Bertz CT molecular complexity index is 438. The summed E-state index contributed by atoms with van der Waals surface area (Å²) in [6.45, 7) is 5.95. The lowest BCUT2D eigenvalue weighted by molar-refractivity contribution is -0.140. The monoisotopic (exact) mass is 307 g/mol. The molecular formula is C17H29N3O2. The highest BCUT2D eigenvalue weighted by Gasteiger charge is 2.42. The molecule has 2 aliphatic rings. The van der Waals surface area contributed by atoms with E-state index >= 15 is 0 Å². The molecule has 2 atom stereocenters. The first-order chi connectivity index (χ1) is 10.4. The SMILES string of the molecule is CC1CCC(C#N)(N(C)C(=O)C(C)N2CCC(CO)C2)CC1. The molecule has 22 heavy (non-hydrogen) atoms. The summed E-state index contributed by atoms with van der Waals surface area (Å²) >= 11 is 0. The van der Waals surface area contributed by atoms with Crippen molar-refractivity contribution in [3.8, 4) is 6.07 Å². The lowest BCUT2D eigenvalue weighted by atomic mass is 9.77. The molecule has 1 heterocycles. The highest BCUT2D eigenvalue weighted by Crippen LogP contribution is 2.36. The van der Waals surface area contributed by atoms with Crippen LogP contribution in [0.3, 0.4) is 0 Å². The van der Waals surface area contributed by atoms with E-state index in [4.69, 9.17) is 0 Å². The van der Waals surface area contributed by atoms with E-state index in [2.05, 4.69) is 17.9 Å². The van der Waals surface area contributed by atoms with Crippen LogP contribution in [0.2, 0.25) is 0 Å². The van der Waals surface area contributed by atoms with Gasteiger partial charge in [-0.3, -0.25) is 9.69 Å². The number of aliphatic hydroxyl groups excluding tert-OH is 1. The number of aliphatic hydroxyl groups is 1. The molecule has 2 unspecified atom stereocenters. The molecule has 124 valence electrons. The number of carbonyl (C=O) groups is 1. The van der Waals surface area contributed by atoms with Crippen LogP contribution < -0.4 is 0 Å². The molecule has 2 rings (SSSR count). The van der Waals surface area contributed by atoms with Gasteiger partial charge in [-0.2, -0.15) is 5.26 Å². The van der Waals surface area contributed by atoms with E-state index in [1.165, 1.54) is 0 Å². The molecule has 0 radical (unpaired) electrons. The topological polar surface area (TPSA) is 67.6 Å². The Morgan fingerprint density at radius 2 is 2.09 bits per heavy atom.